The number of nitrogens with one attached hydrogen (secondary N) is 3. The molecular weight excluding hydrogens is 450 g/mol. The van der Waals surface area contributed by atoms with Crippen LogP contribution in [0.3, 0.4) is 0 Å². The van der Waals surface area contributed by atoms with Crippen LogP contribution in [0.2, 0.25) is 0 Å². The lowest BCUT2D eigenvalue weighted by molar-refractivity contribution is -0.142. The summed E-state index contributed by atoms with van der Waals surface area (Å²) in [5.74, 6) is -2.76. The Kier molecular flexibility index (Phi) is 15.7. The summed E-state index contributed by atoms with van der Waals surface area (Å²) in [6, 6.07) is -4.26. The molecule has 0 aromatic rings. The van der Waals surface area contributed by atoms with Crippen LogP contribution in [0.1, 0.15) is 52.9 Å². The summed E-state index contributed by atoms with van der Waals surface area (Å²) in [5, 5.41) is 26.7. The molecule has 0 saturated heterocycles. The van der Waals surface area contributed by atoms with Gasteiger partial charge in [-0.2, -0.15) is 11.8 Å². The van der Waals surface area contributed by atoms with E-state index in [1.807, 2.05) is 13.2 Å². The summed E-state index contributed by atoms with van der Waals surface area (Å²) >= 11 is 1.46. The summed E-state index contributed by atoms with van der Waals surface area (Å²) in [6.07, 6.45) is 2.97. The third-order valence-corrected chi connectivity index (χ3v) is 6.06. The molecule has 0 fully saturated rings. The summed E-state index contributed by atoms with van der Waals surface area (Å²) in [7, 11) is 0. The monoisotopic (exact) mass is 491 g/mol. The van der Waals surface area contributed by atoms with Crippen LogP contribution in [0.25, 0.3) is 0 Å². The third-order valence-electron chi connectivity index (χ3n) is 5.42. The molecule has 0 radical (unpaired) electrons. The predicted octanol–water partition coefficient (Wildman–Crippen LogP) is -0.838. The van der Waals surface area contributed by atoms with E-state index in [0.29, 0.717) is 31.6 Å². The summed E-state index contributed by atoms with van der Waals surface area (Å²) in [4.78, 5) is 49.8. The van der Waals surface area contributed by atoms with Crippen molar-refractivity contribution in [3.63, 3.8) is 0 Å². The average Bonchev–Trinajstić information content (AvgIpc) is 2.77. The maximum Gasteiger partial charge on any atom is 0.326 e. The van der Waals surface area contributed by atoms with Crippen LogP contribution in [0, 0.1) is 5.92 Å². The molecule has 192 valence electrons. The van der Waals surface area contributed by atoms with Crippen molar-refractivity contribution in [2.45, 2.75) is 83.1 Å². The van der Waals surface area contributed by atoms with Crippen molar-refractivity contribution in [1.82, 2.24) is 16.0 Å². The molecule has 0 aromatic heterocycles. The number of unbranched alkanes of at least 4 members (excludes halogenated alkanes) is 1. The minimum absolute atomic E-state index is 0.245. The number of carbonyl (C=O) groups is 4. The predicted molar refractivity (Wildman–Crippen MR) is 128 cm³/mol. The van der Waals surface area contributed by atoms with Crippen LogP contribution < -0.4 is 27.4 Å². The fourth-order valence-electron chi connectivity index (χ4n) is 2.96. The molecule has 0 saturated carbocycles. The largest absolute Gasteiger partial charge is 0.480 e. The Morgan fingerprint density at radius 1 is 0.939 bits per heavy atom. The van der Waals surface area contributed by atoms with E-state index in [4.69, 9.17) is 11.5 Å². The summed E-state index contributed by atoms with van der Waals surface area (Å²) < 4.78 is 0. The van der Waals surface area contributed by atoms with Crippen molar-refractivity contribution >= 4 is 35.5 Å². The Labute approximate surface area is 200 Å². The Bertz CT molecular complexity index is 636. The van der Waals surface area contributed by atoms with Crippen LogP contribution in [0.4, 0.5) is 0 Å². The van der Waals surface area contributed by atoms with Crippen LogP contribution in [0.15, 0.2) is 0 Å². The molecule has 0 aromatic carbocycles. The van der Waals surface area contributed by atoms with Gasteiger partial charge in [0, 0.05) is 0 Å². The van der Waals surface area contributed by atoms with E-state index in [0.717, 1.165) is 0 Å². The number of hydrogen-bond acceptors (Lipinski definition) is 8. The van der Waals surface area contributed by atoms with Crippen LogP contribution in [-0.4, -0.2) is 82.7 Å². The molecule has 0 aliphatic carbocycles. The maximum atomic E-state index is 13.1. The molecule has 11 nitrogen and oxygen atoms in total. The highest BCUT2D eigenvalue weighted by Crippen LogP contribution is 2.11. The highest BCUT2D eigenvalue weighted by atomic mass is 32.2. The van der Waals surface area contributed by atoms with Gasteiger partial charge in [0.05, 0.1) is 6.10 Å². The van der Waals surface area contributed by atoms with Gasteiger partial charge in [0.15, 0.2) is 0 Å². The lowest BCUT2D eigenvalue weighted by Gasteiger charge is -2.28. The number of aliphatic hydroxyl groups excluding tert-OH is 1. The van der Waals surface area contributed by atoms with Crippen LogP contribution in [0.5, 0.6) is 0 Å². The Balaban J connectivity index is 5.53. The number of hydrogen-bond donors (Lipinski definition) is 7. The van der Waals surface area contributed by atoms with E-state index in [9.17, 15) is 29.4 Å². The van der Waals surface area contributed by atoms with Gasteiger partial charge in [0.25, 0.3) is 0 Å². The highest BCUT2D eigenvalue weighted by molar-refractivity contribution is 7.98. The van der Waals surface area contributed by atoms with Crippen molar-refractivity contribution in [1.29, 1.82) is 0 Å². The molecule has 0 aliphatic heterocycles. The minimum atomic E-state index is -1.21. The van der Waals surface area contributed by atoms with Crippen molar-refractivity contribution in [3.05, 3.63) is 0 Å². The van der Waals surface area contributed by atoms with Gasteiger partial charge in [-0.05, 0) is 57.1 Å². The Hall–Kier alpha value is -1.89. The minimum Gasteiger partial charge on any atom is -0.480 e. The fraction of sp³-hybridized carbons (Fsp3) is 0.810. The van der Waals surface area contributed by atoms with Crippen molar-refractivity contribution in [2.24, 2.45) is 17.4 Å². The van der Waals surface area contributed by atoms with Gasteiger partial charge in [-0.1, -0.05) is 20.3 Å². The van der Waals surface area contributed by atoms with Gasteiger partial charge >= 0.3 is 5.97 Å². The number of aliphatic carboxylic acids is 1. The topological polar surface area (TPSA) is 197 Å². The quantitative estimate of drug-likeness (QED) is 0.127. The van der Waals surface area contributed by atoms with Crippen LogP contribution in [-0.2, 0) is 19.2 Å². The second kappa shape index (κ2) is 16.7. The fourth-order valence-corrected chi connectivity index (χ4v) is 3.43. The van der Waals surface area contributed by atoms with Gasteiger partial charge in [0.1, 0.15) is 24.2 Å². The smallest absolute Gasteiger partial charge is 0.326 e. The molecule has 3 amide bonds. The van der Waals surface area contributed by atoms with Gasteiger partial charge in [-0.25, -0.2) is 4.79 Å². The molecule has 0 spiro atoms. The van der Waals surface area contributed by atoms with E-state index < -0.39 is 54.0 Å². The van der Waals surface area contributed by atoms with E-state index in [1.165, 1.54) is 18.7 Å². The van der Waals surface area contributed by atoms with Gasteiger partial charge in [-0.3, -0.25) is 14.4 Å². The normalized spacial score (nSPS) is 16.6. The SMILES string of the molecule is CCC(C)C(NC(=O)C(N)C(C)O)C(=O)NC(CCCCN)C(=O)NC(CCSC)C(=O)O. The zero-order chi connectivity index (χ0) is 25.6. The average molecular weight is 492 g/mol. The maximum absolute atomic E-state index is 13.1. The first-order chi connectivity index (χ1) is 15.5. The molecule has 0 bridgehead atoms. The molecule has 33 heavy (non-hydrogen) atoms. The van der Waals surface area contributed by atoms with Crippen LogP contribution >= 0.6 is 11.8 Å². The molecule has 0 rings (SSSR count). The van der Waals surface area contributed by atoms with Gasteiger partial charge in [0.2, 0.25) is 17.7 Å². The van der Waals surface area contributed by atoms with Crippen molar-refractivity contribution < 1.29 is 29.4 Å². The molecule has 9 N–H and O–H groups in total. The standard InChI is InChI=1S/C21H41N5O6S/c1-5-12(2)17(26-19(29)16(23)13(3)27)20(30)24-14(8-6-7-10-22)18(28)25-15(21(31)32)9-11-33-4/h12-17,27H,5-11,22-23H2,1-4H3,(H,24,30)(H,25,28)(H,26,29)(H,31,32). The number of aliphatic hydroxyl groups is 1. The second-order valence-electron chi connectivity index (χ2n) is 8.16. The first-order valence-electron chi connectivity index (χ1n) is 11.3. The summed E-state index contributed by atoms with van der Waals surface area (Å²) in [6.45, 7) is 5.40. The second-order valence-corrected chi connectivity index (χ2v) is 9.15. The Morgan fingerprint density at radius 2 is 1.55 bits per heavy atom. The lowest BCUT2D eigenvalue weighted by atomic mass is 9.96. The zero-order valence-electron chi connectivity index (χ0n) is 20.0. The van der Waals surface area contributed by atoms with E-state index >= 15 is 0 Å². The summed E-state index contributed by atoms with van der Waals surface area (Å²) in [5.41, 5.74) is 11.2. The van der Waals surface area contributed by atoms with E-state index in [1.54, 1.807) is 6.92 Å². The van der Waals surface area contributed by atoms with E-state index in [-0.39, 0.29) is 18.8 Å². The van der Waals surface area contributed by atoms with Gasteiger partial charge < -0.3 is 37.6 Å². The molecule has 6 unspecified atom stereocenters. The number of nitrogens with two attached hydrogens (primary N) is 2. The van der Waals surface area contributed by atoms with Crippen molar-refractivity contribution in [3.8, 4) is 0 Å². The molecule has 0 aliphatic rings. The van der Waals surface area contributed by atoms with Gasteiger partial charge in [-0.15, -0.1) is 0 Å². The molecule has 12 heteroatoms. The molecule has 0 heterocycles. The first-order valence-corrected chi connectivity index (χ1v) is 12.7. The zero-order valence-corrected chi connectivity index (χ0v) is 20.8. The van der Waals surface area contributed by atoms with Crippen molar-refractivity contribution in [2.75, 3.05) is 18.6 Å². The lowest BCUT2D eigenvalue weighted by Crippen LogP contribution is -2.59. The number of carbonyl (C=O) groups excluding carboxylic acids is 3. The number of carboxylic acid groups (broad SMARTS) is 1. The number of carboxylic acids is 1. The Morgan fingerprint density at radius 3 is 2.03 bits per heavy atom. The third kappa shape index (κ3) is 11.7. The number of thioether (sulfide) groups is 1. The molecular formula is C21H41N5O6S. The first kappa shape index (κ1) is 31.1. The van der Waals surface area contributed by atoms with E-state index in [2.05, 4.69) is 16.0 Å². The highest BCUT2D eigenvalue weighted by Gasteiger charge is 2.32. The number of rotatable bonds is 17. The number of amides is 3. The molecule has 6 atom stereocenters.